The molecule has 0 aliphatic heterocycles. The normalized spacial score (nSPS) is 10.4. The van der Waals surface area contributed by atoms with Gasteiger partial charge in [-0.1, -0.05) is 53.7 Å². The van der Waals surface area contributed by atoms with E-state index in [1.54, 1.807) is 17.9 Å². The van der Waals surface area contributed by atoms with E-state index in [-0.39, 0.29) is 29.9 Å². The van der Waals surface area contributed by atoms with Gasteiger partial charge in [-0.2, -0.15) is 0 Å². The number of nitrogens with one attached hydrogen (secondary N) is 1. The molecule has 1 heterocycles. The number of amides is 2. The first-order valence-electron chi connectivity index (χ1n) is 9.87. The lowest BCUT2D eigenvalue weighted by Crippen LogP contribution is -2.34. The van der Waals surface area contributed by atoms with E-state index >= 15 is 0 Å². The molecule has 3 aromatic rings. The van der Waals surface area contributed by atoms with Crippen molar-refractivity contribution in [2.24, 2.45) is 0 Å². The Kier molecular flexibility index (Phi) is 8.44. The topological polar surface area (TPSA) is 102 Å². The van der Waals surface area contributed by atoms with Crippen molar-refractivity contribution in [2.75, 3.05) is 28.3 Å². The second-order valence-electron chi connectivity index (χ2n) is 6.83. The van der Waals surface area contributed by atoms with Crippen LogP contribution in [0.15, 0.2) is 71.3 Å². The van der Waals surface area contributed by atoms with Crippen LogP contribution in [-0.4, -0.2) is 41.1 Å². The Balaban J connectivity index is 1.46. The highest BCUT2D eigenvalue weighted by atomic mass is 32.2. The van der Waals surface area contributed by atoms with Crippen LogP contribution in [0, 0.1) is 6.92 Å². The molecule has 166 valence electrons. The summed E-state index contributed by atoms with van der Waals surface area (Å²) in [6.07, 6.45) is 0. The van der Waals surface area contributed by atoms with E-state index in [0.29, 0.717) is 23.8 Å². The average molecular weight is 454 g/mol. The maximum atomic E-state index is 12.8. The Hall–Kier alpha value is -3.59. The molecular weight excluding hydrogens is 430 g/mol. The van der Waals surface area contributed by atoms with Crippen LogP contribution >= 0.6 is 11.8 Å². The Morgan fingerprint density at radius 3 is 2.38 bits per heavy atom. The van der Waals surface area contributed by atoms with Crippen LogP contribution in [-0.2, 0) is 25.7 Å². The van der Waals surface area contributed by atoms with E-state index in [2.05, 4.69) is 10.5 Å². The number of ether oxygens (including phenoxy) is 1. The largest absolute Gasteiger partial charge is 0.455 e. The highest BCUT2D eigenvalue weighted by molar-refractivity contribution is 8.00. The minimum atomic E-state index is -0.568. The fourth-order valence-electron chi connectivity index (χ4n) is 2.79. The molecule has 3 rings (SSSR count). The number of aryl methyl sites for hydroxylation is 1. The summed E-state index contributed by atoms with van der Waals surface area (Å²) in [5.74, 6) is -0.329. The molecule has 8 nitrogen and oxygen atoms in total. The van der Waals surface area contributed by atoms with Crippen molar-refractivity contribution in [1.29, 1.82) is 0 Å². The molecule has 2 amide bonds. The molecule has 0 saturated carbocycles. The Bertz CT molecular complexity index is 1040. The number of hydrogen-bond acceptors (Lipinski definition) is 7. The van der Waals surface area contributed by atoms with Gasteiger partial charge in [-0.05, 0) is 24.6 Å². The van der Waals surface area contributed by atoms with E-state index in [4.69, 9.17) is 9.26 Å². The molecule has 1 aromatic heterocycles. The molecule has 0 radical (unpaired) electrons. The van der Waals surface area contributed by atoms with E-state index in [0.717, 1.165) is 17.3 Å². The third-order valence-corrected chi connectivity index (χ3v) is 5.16. The highest BCUT2D eigenvalue weighted by Crippen LogP contribution is 2.17. The summed E-state index contributed by atoms with van der Waals surface area (Å²) in [4.78, 5) is 38.3. The molecule has 0 atom stereocenters. The molecule has 0 aliphatic rings. The number of nitrogens with zero attached hydrogens (tertiary/aromatic N) is 2. The Morgan fingerprint density at radius 2 is 1.72 bits per heavy atom. The van der Waals surface area contributed by atoms with Crippen molar-refractivity contribution >= 4 is 41.1 Å². The second-order valence-corrected chi connectivity index (χ2v) is 7.81. The summed E-state index contributed by atoms with van der Waals surface area (Å²) in [6.45, 7) is 1.69. The quantitative estimate of drug-likeness (QED) is 0.469. The van der Waals surface area contributed by atoms with Gasteiger partial charge in [0.25, 0.3) is 5.91 Å². The Labute approximate surface area is 189 Å². The molecule has 0 unspecified atom stereocenters. The summed E-state index contributed by atoms with van der Waals surface area (Å²) in [6, 6.07) is 20.4. The minimum absolute atomic E-state index is 0.0408. The van der Waals surface area contributed by atoms with E-state index in [1.165, 1.54) is 0 Å². The van der Waals surface area contributed by atoms with Crippen molar-refractivity contribution in [3.63, 3.8) is 0 Å². The van der Waals surface area contributed by atoms with Gasteiger partial charge in [0.1, 0.15) is 5.76 Å². The molecule has 32 heavy (non-hydrogen) atoms. The van der Waals surface area contributed by atoms with Gasteiger partial charge in [-0.3, -0.25) is 14.4 Å². The molecule has 0 bridgehead atoms. The number of carbonyl (C=O) groups excluding carboxylic acids is 3. The summed E-state index contributed by atoms with van der Waals surface area (Å²) in [7, 11) is 0. The van der Waals surface area contributed by atoms with Crippen molar-refractivity contribution in [1.82, 2.24) is 5.16 Å². The fourth-order valence-corrected chi connectivity index (χ4v) is 3.40. The standard InChI is InChI=1S/C23H23N3O5S/c1-17-12-20(25-31-17)24-21(27)15-32-16-23(29)30-14-22(28)26(19-10-6-3-7-11-19)13-18-8-4-2-5-9-18/h2-12H,13-16H2,1H3,(H,24,25,27). The first-order chi connectivity index (χ1) is 15.5. The molecular formula is C23H23N3O5S. The van der Waals surface area contributed by atoms with Crippen LogP contribution in [0.5, 0.6) is 0 Å². The summed E-state index contributed by atoms with van der Waals surface area (Å²) in [5.41, 5.74) is 1.67. The zero-order valence-corrected chi connectivity index (χ0v) is 18.3. The number of thioether (sulfide) groups is 1. The highest BCUT2D eigenvalue weighted by Gasteiger charge is 2.18. The lowest BCUT2D eigenvalue weighted by atomic mass is 10.2. The predicted molar refractivity (Wildman–Crippen MR) is 122 cm³/mol. The monoisotopic (exact) mass is 453 g/mol. The molecule has 1 N–H and O–H groups in total. The van der Waals surface area contributed by atoms with Crippen molar-refractivity contribution in [2.45, 2.75) is 13.5 Å². The van der Waals surface area contributed by atoms with Crippen LogP contribution in [0.1, 0.15) is 11.3 Å². The summed E-state index contributed by atoms with van der Waals surface area (Å²) in [5, 5.41) is 6.23. The van der Waals surface area contributed by atoms with Crippen LogP contribution in [0.4, 0.5) is 11.5 Å². The number of hydrogen-bond donors (Lipinski definition) is 1. The first kappa shape index (κ1) is 23.1. The fraction of sp³-hybridized carbons (Fsp3) is 0.217. The third-order valence-electron chi connectivity index (χ3n) is 4.26. The van der Waals surface area contributed by atoms with Crippen molar-refractivity contribution in [3.8, 4) is 0 Å². The van der Waals surface area contributed by atoms with Gasteiger partial charge in [0.05, 0.1) is 18.1 Å². The molecule has 0 aliphatic carbocycles. The van der Waals surface area contributed by atoms with E-state index < -0.39 is 5.97 Å². The number of para-hydroxylation sites is 1. The van der Waals surface area contributed by atoms with Crippen LogP contribution in [0.25, 0.3) is 0 Å². The SMILES string of the molecule is Cc1cc(NC(=O)CSCC(=O)OCC(=O)N(Cc2ccccc2)c2ccccc2)no1. The molecule has 0 saturated heterocycles. The van der Waals surface area contributed by atoms with Gasteiger partial charge in [0.2, 0.25) is 5.91 Å². The zero-order valence-electron chi connectivity index (χ0n) is 17.5. The third kappa shape index (κ3) is 7.28. The molecule has 0 spiro atoms. The summed E-state index contributed by atoms with van der Waals surface area (Å²) >= 11 is 1.08. The smallest absolute Gasteiger partial charge is 0.316 e. The second kappa shape index (κ2) is 11.7. The van der Waals surface area contributed by atoms with Crippen molar-refractivity contribution < 1.29 is 23.6 Å². The van der Waals surface area contributed by atoms with Gasteiger partial charge in [0.15, 0.2) is 12.4 Å². The number of aromatic nitrogens is 1. The first-order valence-corrected chi connectivity index (χ1v) is 11.0. The lowest BCUT2D eigenvalue weighted by Gasteiger charge is -2.23. The maximum Gasteiger partial charge on any atom is 0.316 e. The number of carbonyl (C=O) groups is 3. The number of anilines is 2. The molecule has 9 heteroatoms. The molecule has 0 fully saturated rings. The van der Waals surface area contributed by atoms with Crippen molar-refractivity contribution in [3.05, 3.63) is 78.1 Å². The lowest BCUT2D eigenvalue weighted by molar-refractivity contribution is -0.145. The predicted octanol–water partition coefficient (Wildman–Crippen LogP) is 3.43. The number of esters is 1. The van der Waals surface area contributed by atoms with Crippen LogP contribution < -0.4 is 10.2 Å². The van der Waals surface area contributed by atoms with Gasteiger partial charge < -0.3 is 19.5 Å². The van der Waals surface area contributed by atoms with E-state index in [9.17, 15) is 14.4 Å². The Morgan fingerprint density at radius 1 is 1.03 bits per heavy atom. The minimum Gasteiger partial charge on any atom is -0.455 e. The van der Waals surface area contributed by atoms with Gasteiger partial charge in [-0.25, -0.2) is 0 Å². The van der Waals surface area contributed by atoms with Gasteiger partial charge >= 0.3 is 5.97 Å². The van der Waals surface area contributed by atoms with Gasteiger partial charge in [0, 0.05) is 11.8 Å². The zero-order chi connectivity index (χ0) is 22.8. The number of benzene rings is 2. The molecule has 2 aromatic carbocycles. The van der Waals surface area contributed by atoms with Crippen LogP contribution in [0.3, 0.4) is 0 Å². The average Bonchev–Trinajstić information content (AvgIpc) is 3.21. The van der Waals surface area contributed by atoms with E-state index in [1.807, 2.05) is 60.7 Å². The summed E-state index contributed by atoms with van der Waals surface area (Å²) < 4.78 is 10.0. The van der Waals surface area contributed by atoms with Crippen LogP contribution in [0.2, 0.25) is 0 Å². The number of rotatable bonds is 10. The maximum absolute atomic E-state index is 12.8. The van der Waals surface area contributed by atoms with Gasteiger partial charge in [-0.15, -0.1) is 11.8 Å².